The lowest BCUT2D eigenvalue weighted by atomic mass is 9.81. The molecule has 0 fully saturated rings. The van der Waals surface area contributed by atoms with Crippen molar-refractivity contribution >= 4 is 17.3 Å². The van der Waals surface area contributed by atoms with Crippen LogP contribution in [0.4, 0.5) is 5.69 Å². The molecule has 1 aliphatic heterocycles. The summed E-state index contributed by atoms with van der Waals surface area (Å²) in [6, 6.07) is 3.57. The van der Waals surface area contributed by atoms with E-state index in [-0.39, 0.29) is 17.2 Å². The number of aromatic nitrogens is 1. The number of rotatable bonds is 3. The SMILES string of the molecule is CC(C)(C)C1=NN(c2ccncc2)C(=O)C1CCN. The lowest BCUT2D eigenvalue weighted by Crippen LogP contribution is -2.33. The van der Waals surface area contributed by atoms with Crippen LogP contribution in [-0.4, -0.2) is 23.1 Å². The summed E-state index contributed by atoms with van der Waals surface area (Å²) in [5, 5.41) is 6.00. The molecule has 19 heavy (non-hydrogen) atoms. The van der Waals surface area contributed by atoms with Crippen LogP contribution in [0.2, 0.25) is 0 Å². The second kappa shape index (κ2) is 5.09. The van der Waals surface area contributed by atoms with Crippen molar-refractivity contribution in [3.8, 4) is 0 Å². The van der Waals surface area contributed by atoms with E-state index in [4.69, 9.17) is 5.73 Å². The predicted octanol–water partition coefficient (Wildman–Crippen LogP) is 1.80. The number of amides is 1. The molecule has 2 heterocycles. The van der Waals surface area contributed by atoms with E-state index in [9.17, 15) is 4.79 Å². The summed E-state index contributed by atoms with van der Waals surface area (Å²) >= 11 is 0. The lowest BCUT2D eigenvalue weighted by molar-refractivity contribution is -0.119. The standard InChI is InChI=1S/C14H20N4O/c1-14(2,3)12-11(4-7-15)13(19)18(17-12)10-5-8-16-9-6-10/h5-6,8-9,11H,4,7,15H2,1-3H3. The Morgan fingerprint density at radius 1 is 1.32 bits per heavy atom. The van der Waals surface area contributed by atoms with Gasteiger partial charge in [-0.25, -0.2) is 5.01 Å². The van der Waals surface area contributed by atoms with Crippen molar-refractivity contribution in [2.24, 2.45) is 22.2 Å². The molecule has 0 saturated carbocycles. The first-order chi connectivity index (χ1) is 8.95. The molecule has 0 saturated heterocycles. The largest absolute Gasteiger partial charge is 0.330 e. The van der Waals surface area contributed by atoms with Gasteiger partial charge in [0.1, 0.15) is 0 Å². The van der Waals surface area contributed by atoms with Crippen LogP contribution >= 0.6 is 0 Å². The molecule has 5 heteroatoms. The summed E-state index contributed by atoms with van der Waals surface area (Å²) in [5.41, 5.74) is 7.14. The molecule has 0 radical (unpaired) electrons. The van der Waals surface area contributed by atoms with Crippen molar-refractivity contribution in [2.45, 2.75) is 27.2 Å². The molecule has 0 aromatic carbocycles. The molecule has 1 unspecified atom stereocenters. The number of carbonyl (C=O) groups is 1. The summed E-state index contributed by atoms with van der Waals surface area (Å²) in [6.45, 7) is 6.69. The number of hydrogen-bond acceptors (Lipinski definition) is 4. The van der Waals surface area contributed by atoms with Crippen LogP contribution in [0.5, 0.6) is 0 Å². The second-order valence-electron chi connectivity index (χ2n) is 5.72. The molecule has 0 spiro atoms. The van der Waals surface area contributed by atoms with Gasteiger partial charge in [-0.1, -0.05) is 20.8 Å². The Labute approximate surface area is 113 Å². The van der Waals surface area contributed by atoms with Crippen LogP contribution in [-0.2, 0) is 4.79 Å². The third-order valence-corrected chi connectivity index (χ3v) is 3.18. The van der Waals surface area contributed by atoms with Crippen molar-refractivity contribution in [1.29, 1.82) is 0 Å². The fraction of sp³-hybridized carbons (Fsp3) is 0.500. The quantitative estimate of drug-likeness (QED) is 0.900. The van der Waals surface area contributed by atoms with Crippen LogP contribution in [0.1, 0.15) is 27.2 Å². The maximum Gasteiger partial charge on any atom is 0.256 e. The van der Waals surface area contributed by atoms with Crippen molar-refractivity contribution in [3.05, 3.63) is 24.5 Å². The number of pyridine rings is 1. The highest BCUT2D eigenvalue weighted by molar-refractivity contribution is 6.17. The van der Waals surface area contributed by atoms with Gasteiger partial charge in [0, 0.05) is 17.8 Å². The minimum atomic E-state index is -0.210. The van der Waals surface area contributed by atoms with Gasteiger partial charge in [0.25, 0.3) is 5.91 Å². The highest BCUT2D eigenvalue weighted by Crippen LogP contribution is 2.32. The van der Waals surface area contributed by atoms with Gasteiger partial charge >= 0.3 is 0 Å². The number of nitrogens with zero attached hydrogens (tertiary/aromatic N) is 3. The molecular weight excluding hydrogens is 240 g/mol. The summed E-state index contributed by atoms with van der Waals surface area (Å²) in [7, 11) is 0. The van der Waals surface area contributed by atoms with Gasteiger partial charge in [-0.2, -0.15) is 5.10 Å². The first-order valence-electron chi connectivity index (χ1n) is 6.48. The molecule has 1 aliphatic rings. The maximum absolute atomic E-state index is 12.5. The zero-order chi connectivity index (χ0) is 14.0. The normalized spacial score (nSPS) is 19.8. The van der Waals surface area contributed by atoms with Crippen molar-refractivity contribution < 1.29 is 4.79 Å². The van der Waals surface area contributed by atoms with Crippen molar-refractivity contribution in [2.75, 3.05) is 11.6 Å². The van der Waals surface area contributed by atoms with Gasteiger partial charge in [-0.15, -0.1) is 0 Å². The zero-order valence-electron chi connectivity index (χ0n) is 11.6. The fourth-order valence-electron chi connectivity index (χ4n) is 2.26. The highest BCUT2D eigenvalue weighted by Gasteiger charge is 2.40. The van der Waals surface area contributed by atoms with Crippen LogP contribution in [0.3, 0.4) is 0 Å². The summed E-state index contributed by atoms with van der Waals surface area (Å²) in [6.07, 6.45) is 3.95. The van der Waals surface area contributed by atoms with E-state index in [0.717, 1.165) is 11.4 Å². The molecule has 0 bridgehead atoms. The van der Waals surface area contributed by atoms with Crippen molar-refractivity contribution in [3.63, 3.8) is 0 Å². The van der Waals surface area contributed by atoms with E-state index in [1.54, 1.807) is 24.5 Å². The summed E-state index contributed by atoms with van der Waals surface area (Å²) in [4.78, 5) is 16.4. The maximum atomic E-state index is 12.5. The summed E-state index contributed by atoms with van der Waals surface area (Å²) < 4.78 is 0. The Kier molecular flexibility index (Phi) is 3.66. The number of anilines is 1. The van der Waals surface area contributed by atoms with Gasteiger partial charge in [-0.3, -0.25) is 9.78 Å². The second-order valence-corrected chi connectivity index (χ2v) is 5.72. The van der Waals surface area contributed by atoms with E-state index in [0.29, 0.717) is 13.0 Å². The Bertz CT molecular complexity index is 490. The fourth-order valence-corrected chi connectivity index (χ4v) is 2.26. The van der Waals surface area contributed by atoms with Gasteiger partial charge in [0.05, 0.1) is 17.3 Å². The minimum Gasteiger partial charge on any atom is -0.330 e. The number of hydrogen-bond donors (Lipinski definition) is 1. The molecule has 1 amide bonds. The number of carbonyl (C=O) groups excluding carboxylic acids is 1. The van der Waals surface area contributed by atoms with Gasteiger partial charge < -0.3 is 5.73 Å². The van der Waals surface area contributed by atoms with Crippen molar-refractivity contribution in [1.82, 2.24) is 4.98 Å². The van der Waals surface area contributed by atoms with E-state index in [2.05, 4.69) is 30.9 Å². The molecule has 1 atom stereocenters. The third-order valence-electron chi connectivity index (χ3n) is 3.18. The Balaban J connectivity index is 2.38. The molecule has 2 rings (SSSR count). The number of nitrogens with two attached hydrogens (primary N) is 1. The monoisotopic (exact) mass is 260 g/mol. The van der Waals surface area contributed by atoms with E-state index in [1.165, 1.54) is 5.01 Å². The minimum absolute atomic E-state index is 0.00146. The molecule has 0 aliphatic carbocycles. The topological polar surface area (TPSA) is 71.6 Å². The molecular formula is C14H20N4O. The smallest absolute Gasteiger partial charge is 0.256 e. The highest BCUT2D eigenvalue weighted by atomic mass is 16.2. The van der Waals surface area contributed by atoms with Crippen LogP contribution in [0.15, 0.2) is 29.6 Å². The van der Waals surface area contributed by atoms with Gasteiger partial charge in [0.2, 0.25) is 0 Å². The van der Waals surface area contributed by atoms with Gasteiger partial charge in [0.15, 0.2) is 0 Å². The Morgan fingerprint density at radius 3 is 2.47 bits per heavy atom. The van der Waals surface area contributed by atoms with E-state index >= 15 is 0 Å². The van der Waals surface area contributed by atoms with E-state index < -0.39 is 0 Å². The first-order valence-corrected chi connectivity index (χ1v) is 6.48. The first kappa shape index (κ1) is 13.7. The molecule has 2 N–H and O–H groups in total. The zero-order valence-corrected chi connectivity index (χ0v) is 11.6. The average molecular weight is 260 g/mol. The molecule has 102 valence electrons. The Morgan fingerprint density at radius 2 is 1.95 bits per heavy atom. The molecule has 1 aromatic heterocycles. The molecule has 1 aromatic rings. The van der Waals surface area contributed by atoms with Crippen LogP contribution < -0.4 is 10.7 Å². The van der Waals surface area contributed by atoms with Crippen LogP contribution in [0.25, 0.3) is 0 Å². The van der Waals surface area contributed by atoms with Crippen LogP contribution in [0, 0.1) is 11.3 Å². The predicted molar refractivity (Wildman–Crippen MR) is 75.8 cm³/mol. The third kappa shape index (κ3) is 2.66. The lowest BCUT2D eigenvalue weighted by Gasteiger charge is -2.21. The summed E-state index contributed by atoms with van der Waals surface area (Å²) in [5.74, 6) is -0.209. The van der Waals surface area contributed by atoms with Gasteiger partial charge in [-0.05, 0) is 25.1 Å². The Hall–Kier alpha value is -1.75. The number of hydrazone groups is 1. The van der Waals surface area contributed by atoms with E-state index in [1.807, 2.05) is 0 Å². The molecule has 5 nitrogen and oxygen atoms in total. The average Bonchev–Trinajstić information content (AvgIpc) is 2.69.